The summed E-state index contributed by atoms with van der Waals surface area (Å²) in [5, 5.41) is 13.2. The van der Waals surface area contributed by atoms with E-state index in [2.05, 4.69) is 10.6 Å². The first-order valence-corrected chi connectivity index (χ1v) is 3.16. The monoisotopic (exact) mass is 129 g/mol. The number of rotatable bonds is 5. The maximum Gasteiger partial charge on any atom is 0.0330 e. The van der Waals surface area contributed by atoms with E-state index in [4.69, 9.17) is 5.41 Å². The van der Waals surface area contributed by atoms with Gasteiger partial charge in [0.15, 0.2) is 0 Å². The highest BCUT2D eigenvalue weighted by Crippen LogP contribution is 1.63. The van der Waals surface area contributed by atoms with Gasteiger partial charge in [0, 0.05) is 25.3 Å². The minimum absolute atomic E-state index is 0.686. The van der Waals surface area contributed by atoms with E-state index in [0.717, 1.165) is 13.1 Å². The SMILES string of the molecule is CNCCNCC(C)=N. The molecule has 0 saturated heterocycles. The molecule has 0 aromatic heterocycles. The lowest BCUT2D eigenvalue weighted by molar-refractivity contribution is 0.697. The molecule has 3 nitrogen and oxygen atoms in total. The van der Waals surface area contributed by atoms with Crippen molar-refractivity contribution in [1.29, 1.82) is 5.41 Å². The molecule has 0 rings (SSSR count). The molecular formula is C6H15N3. The summed E-state index contributed by atoms with van der Waals surface area (Å²) in [5.74, 6) is 0. The van der Waals surface area contributed by atoms with Gasteiger partial charge >= 0.3 is 0 Å². The molecule has 0 aromatic rings. The van der Waals surface area contributed by atoms with Crippen LogP contribution in [-0.4, -0.2) is 32.4 Å². The van der Waals surface area contributed by atoms with E-state index < -0.39 is 0 Å². The van der Waals surface area contributed by atoms with Crippen molar-refractivity contribution in [3.8, 4) is 0 Å². The lowest BCUT2D eigenvalue weighted by Gasteiger charge is -2.00. The van der Waals surface area contributed by atoms with Crippen molar-refractivity contribution >= 4 is 5.71 Å². The molecule has 3 N–H and O–H groups in total. The van der Waals surface area contributed by atoms with Crippen LogP contribution in [0.25, 0.3) is 0 Å². The van der Waals surface area contributed by atoms with Gasteiger partial charge in [0.1, 0.15) is 0 Å². The summed E-state index contributed by atoms with van der Waals surface area (Å²) in [6.45, 7) is 4.41. The normalized spacial score (nSPS) is 9.56. The Morgan fingerprint density at radius 3 is 2.56 bits per heavy atom. The van der Waals surface area contributed by atoms with Crippen LogP contribution in [0.15, 0.2) is 0 Å². The van der Waals surface area contributed by atoms with Crippen LogP contribution in [0.4, 0.5) is 0 Å². The first kappa shape index (κ1) is 8.59. The second kappa shape index (κ2) is 5.72. The van der Waals surface area contributed by atoms with Crippen LogP contribution in [0.3, 0.4) is 0 Å². The summed E-state index contributed by atoms with van der Waals surface area (Å²) in [6.07, 6.45) is 0. The van der Waals surface area contributed by atoms with Crippen LogP contribution < -0.4 is 10.6 Å². The molecule has 0 atom stereocenters. The highest BCUT2D eigenvalue weighted by molar-refractivity contribution is 5.80. The fraction of sp³-hybridized carbons (Fsp3) is 0.833. The second-order valence-corrected chi connectivity index (χ2v) is 2.06. The highest BCUT2D eigenvalue weighted by Gasteiger charge is 1.85. The molecule has 0 aliphatic heterocycles. The Morgan fingerprint density at radius 1 is 1.44 bits per heavy atom. The van der Waals surface area contributed by atoms with Crippen molar-refractivity contribution in [2.45, 2.75) is 6.92 Å². The Bertz CT molecular complexity index is 80.4. The number of nitrogens with one attached hydrogen (secondary N) is 3. The third-order valence-electron chi connectivity index (χ3n) is 0.942. The summed E-state index contributed by atoms with van der Waals surface area (Å²) in [5.41, 5.74) is 0.686. The lowest BCUT2D eigenvalue weighted by Crippen LogP contribution is -2.28. The van der Waals surface area contributed by atoms with Crippen LogP contribution in [0.2, 0.25) is 0 Å². The molecule has 0 aromatic carbocycles. The third-order valence-corrected chi connectivity index (χ3v) is 0.942. The van der Waals surface area contributed by atoms with Crippen LogP contribution >= 0.6 is 0 Å². The van der Waals surface area contributed by atoms with Crippen LogP contribution in [0.1, 0.15) is 6.92 Å². The smallest absolute Gasteiger partial charge is 0.0330 e. The van der Waals surface area contributed by atoms with E-state index in [9.17, 15) is 0 Å². The van der Waals surface area contributed by atoms with E-state index in [1.807, 2.05) is 7.05 Å². The molecule has 0 bridgehead atoms. The van der Waals surface area contributed by atoms with Gasteiger partial charge in [0.05, 0.1) is 0 Å². The average Bonchev–Trinajstić information content (AvgIpc) is 1.80. The molecule has 0 aliphatic carbocycles. The summed E-state index contributed by atoms with van der Waals surface area (Å²) in [7, 11) is 1.92. The van der Waals surface area contributed by atoms with Crippen molar-refractivity contribution in [1.82, 2.24) is 10.6 Å². The second-order valence-electron chi connectivity index (χ2n) is 2.06. The predicted octanol–water partition coefficient (Wildman–Crippen LogP) is -0.165. The van der Waals surface area contributed by atoms with Crippen molar-refractivity contribution in [3.05, 3.63) is 0 Å². The van der Waals surface area contributed by atoms with Gasteiger partial charge in [-0.15, -0.1) is 0 Å². The molecule has 0 heterocycles. The van der Waals surface area contributed by atoms with E-state index in [0.29, 0.717) is 12.3 Å². The van der Waals surface area contributed by atoms with Gasteiger partial charge in [0.2, 0.25) is 0 Å². The Balaban J connectivity index is 2.83. The van der Waals surface area contributed by atoms with Gasteiger partial charge < -0.3 is 16.0 Å². The largest absolute Gasteiger partial charge is 0.318 e. The molecule has 0 radical (unpaired) electrons. The van der Waals surface area contributed by atoms with Crippen LogP contribution in [0, 0.1) is 5.41 Å². The number of hydrogen-bond acceptors (Lipinski definition) is 3. The fourth-order valence-corrected chi connectivity index (χ4v) is 0.489. The van der Waals surface area contributed by atoms with Crippen molar-refractivity contribution < 1.29 is 0 Å². The molecule has 0 amide bonds. The Hall–Kier alpha value is -0.410. The van der Waals surface area contributed by atoms with Crippen LogP contribution in [0.5, 0.6) is 0 Å². The summed E-state index contributed by atoms with van der Waals surface area (Å²) in [6, 6.07) is 0. The Morgan fingerprint density at radius 2 is 2.11 bits per heavy atom. The zero-order valence-corrected chi connectivity index (χ0v) is 6.12. The molecule has 3 heteroatoms. The molecule has 9 heavy (non-hydrogen) atoms. The zero-order valence-electron chi connectivity index (χ0n) is 6.12. The van der Waals surface area contributed by atoms with Gasteiger partial charge in [-0.3, -0.25) is 0 Å². The van der Waals surface area contributed by atoms with Gasteiger partial charge in [-0.25, -0.2) is 0 Å². The molecule has 0 fully saturated rings. The molecular weight excluding hydrogens is 114 g/mol. The van der Waals surface area contributed by atoms with Gasteiger partial charge in [-0.2, -0.15) is 0 Å². The first-order valence-electron chi connectivity index (χ1n) is 3.16. The molecule has 0 aliphatic rings. The fourth-order valence-electron chi connectivity index (χ4n) is 0.489. The van der Waals surface area contributed by atoms with Crippen molar-refractivity contribution in [2.75, 3.05) is 26.7 Å². The Labute approximate surface area is 56.3 Å². The lowest BCUT2D eigenvalue weighted by atomic mass is 10.4. The minimum Gasteiger partial charge on any atom is -0.318 e. The van der Waals surface area contributed by atoms with Crippen molar-refractivity contribution in [2.24, 2.45) is 0 Å². The van der Waals surface area contributed by atoms with Crippen LogP contribution in [-0.2, 0) is 0 Å². The van der Waals surface area contributed by atoms with E-state index in [-0.39, 0.29) is 0 Å². The van der Waals surface area contributed by atoms with E-state index in [1.54, 1.807) is 6.92 Å². The van der Waals surface area contributed by atoms with E-state index >= 15 is 0 Å². The summed E-state index contributed by atoms with van der Waals surface area (Å²) in [4.78, 5) is 0. The summed E-state index contributed by atoms with van der Waals surface area (Å²) < 4.78 is 0. The maximum atomic E-state index is 7.05. The average molecular weight is 129 g/mol. The molecule has 0 unspecified atom stereocenters. The number of likely N-dealkylation sites (N-methyl/N-ethyl adjacent to an activating group) is 1. The maximum absolute atomic E-state index is 7.05. The molecule has 0 saturated carbocycles. The minimum atomic E-state index is 0.686. The standard InChI is InChI=1S/C6H15N3/c1-6(7)5-9-4-3-8-2/h7-9H,3-5H2,1-2H3. The zero-order chi connectivity index (χ0) is 7.11. The third kappa shape index (κ3) is 7.59. The molecule has 0 spiro atoms. The number of hydrogen-bond donors (Lipinski definition) is 3. The predicted molar refractivity (Wildman–Crippen MR) is 40.2 cm³/mol. The quantitative estimate of drug-likeness (QED) is 0.357. The topological polar surface area (TPSA) is 47.9 Å². The molecule has 54 valence electrons. The first-order chi connectivity index (χ1) is 4.27. The van der Waals surface area contributed by atoms with Crippen molar-refractivity contribution in [3.63, 3.8) is 0 Å². The summed E-state index contributed by atoms with van der Waals surface area (Å²) >= 11 is 0. The Kier molecular flexibility index (Phi) is 5.46. The highest BCUT2D eigenvalue weighted by atomic mass is 14.9. The van der Waals surface area contributed by atoms with Gasteiger partial charge in [-0.1, -0.05) is 0 Å². The van der Waals surface area contributed by atoms with Gasteiger partial charge in [0.25, 0.3) is 0 Å². The van der Waals surface area contributed by atoms with E-state index in [1.165, 1.54) is 0 Å². The van der Waals surface area contributed by atoms with Gasteiger partial charge in [-0.05, 0) is 14.0 Å².